The van der Waals surface area contributed by atoms with Crippen LogP contribution in [0.2, 0.25) is 0 Å². The maximum absolute atomic E-state index is 12.3. The second-order valence-corrected chi connectivity index (χ2v) is 7.96. The lowest BCUT2D eigenvalue weighted by Crippen LogP contribution is -2.42. The van der Waals surface area contributed by atoms with Crippen LogP contribution in [0, 0.1) is 13.8 Å². The molecule has 8 nitrogen and oxygen atoms in total. The largest absolute Gasteiger partial charge is 0.361 e. The number of hydrogen-bond donors (Lipinski definition) is 1. The van der Waals surface area contributed by atoms with Crippen LogP contribution in [0.15, 0.2) is 4.52 Å². The van der Waals surface area contributed by atoms with Gasteiger partial charge >= 0.3 is 0 Å². The van der Waals surface area contributed by atoms with E-state index in [-0.39, 0.29) is 11.9 Å². The summed E-state index contributed by atoms with van der Waals surface area (Å²) in [6.07, 6.45) is 1.41. The molecular formula is C14H24N4O4S. The number of carbonyl (C=O) groups excluding carboxylic acids is 1. The third kappa shape index (κ3) is 4.30. The Bertz CT molecular complexity index is 649. The molecule has 1 saturated heterocycles. The maximum atomic E-state index is 12.3. The number of likely N-dealkylation sites (tertiary alicyclic amines) is 1. The Morgan fingerprint density at radius 1 is 1.35 bits per heavy atom. The average Bonchev–Trinajstić information content (AvgIpc) is 2.68. The van der Waals surface area contributed by atoms with E-state index in [1.807, 2.05) is 13.8 Å². The molecule has 1 amide bonds. The van der Waals surface area contributed by atoms with Crippen molar-refractivity contribution in [1.29, 1.82) is 0 Å². The molecule has 1 aliphatic rings. The lowest BCUT2D eigenvalue weighted by molar-refractivity contribution is -0.131. The van der Waals surface area contributed by atoms with Crippen LogP contribution in [-0.2, 0) is 21.5 Å². The number of aromatic nitrogens is 1. The molecule has 1 aliphatic heterocycles. The van der Waals surface area contributed by atoms with Crippen molar-refractivity contribution < 1.29 is 17.7 Å². The van der Waals surface area contributed by atoms with Gasteiger partial charge in [0.2, 0.25) is 5.91 Å². The summed E-state index contributed by atoms with van der Waals surface area (Å²) >= 11 is 0. The van der Waals surface area contributed by atoms with E-state index in [0.29, 0.717) is 38.1 Å². The fraction of sp³-hybridized carbons (Fsp3) is 0.714. The van der Waals surface area contributed by atoms with E-state index in [4.69, 9.17) is 4.52 Å². The lowest BCUT2D eigenvalue weighted by Gasteiger charge is -2.21. The maximum Gasteiger partial charge on any atom is 0.279 e. The number of rotatable bonds is 5. The monoisotopic (exact) mass is 344 g/mol. The molecule has 2 heterocycles. The molecule has 1 aromatic heterocycles. The molecule has 0 spiro atoms. The summed E-state index contributed by atoms with van der Waals surface area (Å²) in [6.45, 7) is 4.63. The molecular weight excluding hydrogens is 320 g/mol. The van der Waals surface area contributed by atoms with Crippen LogP contribution in [0.5, 0.6) is 0 Å². The summed E-state index contributed by atoms with van der Waals surface area (Å²) in [5.74, 6) is 0.737. The first-order chi connectivity index (χ1) is 10.7. The van der Waals surface area contributed by atoms with Crippen molar-refractivity contribution >= 4 is 16.1 Å². The summed E-state index contributed by atoms with van der Waals surface area (Å²) in [5, 5.41) is 3.90. The van der Waals surface area contributed by atoms with Crippen LogP contribution >= 0.6 is 0 Å². The molecule has 0 saturated carbocycles. The van der Waals surface area contributed by atoms with E-state index in [1.54, 1.807) is 4.90 Å². The lowest BCUT2D eigenvalue weighted by atomic mass is 10.1. The van der Waals surface area contributed by atoms with E-state index in [2.05, 4.69) is 9.88 Å². The van der Waals surface area contributed by atoms with Crippen LogP contribution in [0.1, 0.15) is 36.3 Å². The minimum atomic E-state index is -3.48. The zero-order chi connectivity index (χ0) is 17.2. The topological polar surface area (TPSA) is 95.8 Å². The number of nitrogens with zero attached hydrogens (tertiary/aromatic N) is 3. The van der Waals surface area contributed by atoms with Crippen molar-refractivity contribution in [3.63, 3.8) is 0 Å². The van der Waals surface area contributed by atoms with Gasteiger partial charge in [0.05, 0.1) is 12.2 Å². The van der Waals surface area contributed by atoms with Gasteiger partial charge in [-0.1, -0.05) is 5.16 Å². The number of hydrogen-bond acceptors (Lipinski definition) is 5. The Kier molecular flexibility index (Phi) is 5.43. The molecule has 1 fully saturated rings. The van der Waals surface area contributed by atoms with Crippen molar-refractivity contribution in [3.05, 3.63) is 17.0 Å². The van der Waals surface area contributed by atoms with Gasteiger partial charge in [-0.05, 0) is 26.7 Å². The minimum absolute atomic E-state index is 0.0246. The van der Waals surface area contributed by atoms with E-state index in [0.717, 1.165) is 15.6 Å². The smallest absolute Gasteiger partial charge is 0.279 e. The van der Waals surface area contributed by atoms with E-state index in [9.17, 15) is 13.2 Å². The molecule has 1 aromatic rings. The number of aryl methyl sites for hydroxylation is 2. The summed E-state index contributed by atoms with van der Waals surface area (Å²) in [5.41, 5.74) is 1.70. The summed E-state index contributed by atoms with van der Waals surface area (Å²) < 4.78 is 32.7. The van der Waals surface area contributed by atoms with E-state index < -0.39 is 10.2 Å². The van der Waals surface area contributed by atoms with Gasteiger partial charge in [0.25, 0.3) is 10.2 Å². The highest BCUT2D eigenvalue weighted by atomic mass is 32.2. The van der Waals surface area contributed by atoms with Crippen molar-refractivity contribution in [2.24, 2.45) is 0 Å². The minimum Gasteiger partial charge on any atom is -0.361 e. The van der Waals surface area contributed by atoms with Gasteiger partial charge < -0.3 is 9.42 Å². The van der Waals surface area contributed by atoms with Gasteiger partial charge in [0.15, 0.2) is 0 Å². The van der Waals surface area contributed by atoms with Crippen LogP contribution in [0.3, 0.4) is 0 Å². The first-order valence-corrected chi connectivity index (χ1v) is 9.04. The molecule has 2 rings (SSSR count). The SMILES string of the molecule is Cc1noc(C)c1CN1CCC(NS(=O)(=O)N(C)C)CCC1=O. The summed E-state index contributed by atoms with van der Waals surface area (Å²) in [7, 11) is -0.524. The Hall–Kier alpha value is -1.45. The van der Waals surface area contributed by atoms with Gasteiger partial charge in [0.1, 0.15) is 5.76 Å². The van der Waals surface area contributed by atoms with Crippen molar-refractivity contribution in [3.8, 4) is 0 Å². The van der Waals surface area contributed by atoms with Crippen molar-refractivity contribution in [2.45, 2.75) is 45.7 Å². The zero-order valence-electron chi connectivity index (χ0n) is 14.0. The molecule has 9 heteroatoms. The van der Waals surface area contributed by atoms with Crippen molar-refractivity contribution in [2.75, 3.05) is 20.6 Å². The molecule has 1 N–H and O–H groups in total. The van der Waals surface area contributed by atoms with Crippen LogP contribution in [0.4, 0.5) is 0 Å². The van der Waals surface area contributed by atoms with Gasteiger partial charge in [-0.25, -0.2) is 0 Å². The normalized spacial score (nSPS) is 20.1. The zero-order valence-corrected chi connectivity index (χ0v) is 14.8. The molecule has 0 bridgehead atoms. The molecule has 23 heavy (non-hydrogen) atoms. The highest BCUT2D eigenvalue weighted by Gasteiger charge is 2.27. The summed E-state index contributed by atoms with van der Waals surface area (Å²) in [4.78, 5) is 14.0. The average molecular weight is 344 g/mol. The highest BCUT2D eigenvalue weighted by Crippen LogP contribution is 2.19. The molecule has 0 aliphatic carbocycles. The molecule has 1 atom stereocenters. The molecule has 0 aromatic carbocycles. The Labute approximate surface area is 137 Å². The Morgan fingerprint density at radius 2 is 2.04 bits per heavy atom. The molecule has 0 radical (unpaired) electrons. The van der Waals surface area contributed by atoms with Gasteiger partial charge in [0, 0.05) is 38.7 Å². The predicted octanol–water partition coefficient (Wildman–Crippen LogP) is 0.569. The Morgan fingerprint density at radius 3 is 2.61 bits per heavy atom. The Balaban J connectivity index is 2.03. The first kappa shape index (κ1) is 17.9. The first-order valence-electron chi connectivity index (χ1n) is 7.60. The van der Waals surface area contributed by atoms with Gasteiger partial charge in [-0.2, -0.15) is 17.4 Å². The fourth-order valence-corrected chi connectivity index (χ4v) is 3.42. The van der Waals surface area contributed by atoms with Crippen molar-refractivity contribution in [1.82, 2.24) is 19.1 Å². The number of nitrogens with one attached hydrogen (secondary N) is 1. The standard InChI is InChI=1S/C14H24N4O4S/c1-10-13(11(2)22-15-10)9-18-8-7-12(5-6-14(18)19)16-23(20,21)17(3)4/h12,16H,5-9H2,1-4H3. The third-order valence-corrected chi connectivity index (χ3v) is 5.73. The fourth-order valence-electron chi connectivity index (χ4n) is 2.56. The van der Waals surface area contributed by atoms with Gasteiger partial charge in [-0.3, -0.25) is 4.79 Å². The molecule has 1 unspecified atom stereocenters. The van der Waals surface area contributed by atoms with Crippen LogP contribution in [0.25, 0.3) is 0 Å². The van der Waals surface area contributed by atoms with Crippen LogP contribution in [-0.4, -0.2) is 55.4 Å². The summed E-state index contributed by atoms with van der Waals surface area (Å²) in [6, 6.07) is -0.235. The number of carbonyl (C=O) groups is 1. The predicted molar refractivity (Wildman–Crippen MR) is 84.8 cm³/mol. The quantitative estimate of drug-likeness (QED) is 0.842. The second kappa shape index (κ2) is 6.98. The van der Waals surface area contributed by atoms with E-state index >= 15 is 0 Å². The molecule has 130 valence electrons. The van der Waals surface area contributed by atoms with Crippen LogP contribution < -0.4 is 4.72 Å². The second-order valence-electron chi connectivity index (χ2n) is 6.05. The highest BCUT2D eigenvalue weighted by molar-refractivity contribution is 7.87. The van der Waals surface area contributed by atoms with E-state index in [1.165, 1.54) is 14.1 Å². The third-order valence-electron chi connectivity index (χ3n) is 4.13. The number of amides is 1. The van der Waals surface area contributed by atoms with Gasteiger partial charge in [-0.15, -0.1) is 0 Å².